The van der Waals surface area contributed by atoms with E-state index in [2.05, 4.69) is 58.5 Å². The molecule has 124 valence electrons. The minimum absolute atomic E-state index is 0.298. The van der Waals surface area contributed by atoms with E-state index >= 15 is 0 Å². The summed E-state index contributed by atoms with van der Waals surface area (Å²) in [7, 11) is 0. The predicted molar refractivity (Wildman–Crippen MR) is 96.1 cm³/mol. The molecule has 2 aromatic rings. The third kappa shape index (κ3) is 2.43. The van der Waals surface area contributed by atoms with Gasteiger partial charge in [0.05, 0.1) is 11.7 Å². The Labute approximate surface area is 143 Å². The topological polar surface area (TPSA) is 15.7 Å². The Morgan fingerprint density at radius 1 is 0.917 bits per heavy atom. The highest BCUT2D eigenvalue weighted by molar-refractivity contribution is 5.59. The van der Waals surface area contributed by atoms with Crippen molar-refractivity contribution in [3.8, 4) is 0 Å². The number of benzene rings is 2. The van der Waals surface area contributed by atoms with Crippen LogP contribution in [0.2, 0.25) is 0 Å². The van der Waals surface area contributed by atoms with E-state index in [1.54, 1.807) is 0 Å². The van der Waals surface area contributed by atoms with Gasteiger partial charge in [0, 0.05) is 13.0 Å². The molecule has 2 unspecified atom stereocenters. The Balaban J connectivity index is 1.51. The van der Waals surface area contributed by atoms with Gasteiger partial charge >= 0.3 is 0 Å². The average Bonchev–Trinajstić information content (AvgIpc) is 3.24. The summed E-state index contributed by atoms with van der Waals surface area (Å²) in [5, 5.41) is 2.21. The van der Waals surface area contributed by atoms with E-state index in [-0.39, 0.29) is 0 Å². The van der Waals surface area contributed by atoms with Crippen molar-refractivity contribution in [2.45, 2.75) is 37.8 Å². The number of fused-ring (bicyclic) bond motifs is 5. The lowest BCUT2D eigenvalue weighted by molar-refractivity contribution is 0.0592. The number of hydroxylamine groups is 1. The van der Waals surface area contributed by atoms with Crippen LogP contribution < -0.4 is 5.06 Å². The molecule has 3 nitrogen and oxygen atoms in total. The zero-order valence-corrected chi connectivity index (χ0v) is 14.0. The number of rotatable bonds is 2. The van der Waals surface area contributed by atoms with Gasteiger partial charge in [0.25, 0.3) is 0 Å². The third-order valence-electron chi connectivity index (χ3n) is 5.72. The summed E-state index contributed by atoms with van der Waals surface area (Å²) in [4.78, 5) is 9.05. The molecule has 3 heterocycles. The molecule has 0 bridgehead atoms. The minimum Gasteiger partial charge on any atom is -0.301 e. The largest absolute Gasteiger partial charge is 0.301 e. The van der Waals surface area contributed by atoms with Crippen molar-refractivity contribution in [3.05, 3.63) is 65.2 Å². The van der Waals surface area contributed by atoms with Gasteiger partial charge in [-0.15, -0.1) is 0 Å². The van der Waals surface area contributed by atoms with E-state index in [1.165, 1.54) is 48.3 Å². The van der Waals surface area contributed by atoms with Gasteiger partial charge in [-0.2, -0.15) is 0 Å². The fourth-order valence-corrected chi connectivity index (χ4v) is 4.56. The van der Waals surface area contributed by atoms with Crippen LogP contribution in [-0.4, -0.2) is 30.6 Å². The molecule has 24 heavy (non-hydrogen) atoms. The SMILES string of the molecule is c1ccc2c(c1)Cc1ccccc1N1OC(CN3CCCC3)CC21. The molecule has 0 spiro atoms. The molecule has 3 heteroatoms. The summed E-state index contributed by atoms with van der Waals surface area (Å²) in [5.41, 5.74) is 5.51. The van der Waals surface area contributed by atoms with Crippen LogP contribution in [0.1, 0.15) is 42.0 Å². The molecular formula is C21H24N2O. The first-order valence-corrected chi connectivity index (χ1v) is 9.22. The van der Waals surface area contributed by atoms with Crippen molar-refractivity contribution in [3.63, 3.8) is 0 Å². The summed E-state index contributed by atoms with van der Waals surface area (Å²) >= 11 is 0. The highest BCUT2D eigenvalue weighted by Gasteiger charge is 2.39. The van der Waals surface area contributed by atoms with Crippen molar-refractivity contribution in [2.75, 3.05) is 24.7 Å². The lowest BCUT2D eigenvalue weighted by atomic mass is 9.95. The smallest absolute Gasteiger partial charge is 0.101 e. The van der Waals surface area contributed by atoms with Crippen LogP contribution in [0.25, 0.3) is 0 Å². The molecule has 2 saturated heterocycles. The van der Waals surface area contributed by atoms with E-state index < -0.39 is 0 Å². The van der Waals surface area contributed by atoms with Crippen LogP contribution >= 0.6 is 0 Å². The summed E-state index contributed by atoms with van der Waals surface area (Å²) in [5.74, 6) is 0. The van der Waals surface area contributed by atoms with Gasteiger partial charge in [-0.1, -0.05) is 42.5 Å². The van der Waals surface area contributed by atoms with E-state index in [0.29, 0.717) is 12.1 Å². The normalized spacial score (nSPS) is 25.9. The second-order valence-electron chi connectivity index (χ2n) is 7.32. The maximum atomic E-state index is 6.48. The van der Waals surface area contributed by atoms with Crippen molar-refractivity contribution < 1.29 is 4.84 Å². The van der Waals surface area contributed by atoms with Crippen LogP contribution in [0.4, 0.5) is 5.69 Å². The third-order valence-corrected chi connectivity index (χ3v) is 5.72. The quantitative estimate of drug-likeness (QED) is 0.833. The van der Waals surface area contributed by atoms with E-state index in [9.17, 15) is 0 Å². The summed E-state index contributed by atoms with van der Waals surface area (Å²) in [6.45, 7) is 3.53. The monoisotopic (exact) mass is 320 g/mol. The Kier molecular flexibility index (Phi) is 3.57. The van der Waals surface area contributed by atoms with Crippen molar-refractivity contribution in [1.82, 2.24) is 4.90 Å². The second kappa shape index (κ2) is 5.91. The predicted octanol–water partition coefficient (Wildman–Crippen LogP) is 3.94. The summed E-state index contributed by atoms with van der Waals surface area (Å²) < 4.78 is 0. The highest BCUT2D eigenvalue weighted by Crippen LogP contribution is 2.44. The number of anilines is 1. The zero-order chi connectivity index (χ0) is 15.9. The van der Waals surface area contributed by atoms with E-state index in [0.717, 1.165) is 19.4 Å². The number of likely N-dealkylation sites (tertiary alicyclic amines) is 1. The first-order chi connectivity index (χ1) is 11.9. The number of hydrogen-bond acceptors (Lipinski definition) is 3. The molecule has 3 aliphatic rings. The van der Waals surface area contributed by atoms with E-state index in [4.69, 9.17) is 4.84 Å². The van der Waals surface area contributed by atoms with Crippen molar-refractivity contribution in [2.24, 2.45) is 0 Å². The van der Waals surface area contributed by atoms with Gasteiger partial charge in [0.1, 0.15) is 6.10 Å². The molecular weight excluding hydrogens is 296 g/mol. The Morgan fingerprint density at radius 2 is 1.67 bits per heavy atom. The number of para-hydroxylation sites is 1. The molecule has 0 amide bonds. The van der Waals surface area contributed by atoms with Gasteiger partial charge in [0.2, 0.25) is 0 Å². The fraction of sp³-hybridized carbons (Fsp3) is 0.429. The van der Waals surface area contributed by atoms with Crippen LogP contribution in [0.3, 0.4) is 0 Å². The Bertz CT molecular complexity index is 685. The summed E-state index contributed by atoms with van der Waals surface area (Å²) in [6.07, 6.45) is 5.06. The fourth-order valence-electron chi connectivity index (χ4n) is 4.56. The molecule has 0 radical (unpaired) electrons. The molecule has 2 aromatic carbocycles. The molecule has 0 aromatic heterocycles. The minimum atomic E-state index is 0.298. The van der Waals surface area contributed by atoms with Gasteiger partial charge in [-0.3, -0.25) is 4.84 Å². The van der Waals surface area contributed by atoms with Gasteiger partial charge in [-0.25, -0.2) is 5.06 Å². The lowest BCUT2D eigenvalue weighted by Gasteiger charge is -2.25. The molecule has 0 N–H and O–H groups in total. The molecule has 3 aliphatic heterocycles. The standard InChI is InChI=1S/C21H24N2O/c1-3-9-19-16(7-1)13-17-8-2-4-10-20(17)23-21(19)14-18(24-23)15-22-11-5-6-12-22/h1-4,7-10,18,21H,5-6,11-15H2. The van der Waals surface area contributed by atoms with Crippen LogP contribution in [0.15, 0.2) is 48.5 Å². The zero-order valence-electron chi connectivity index (χ0n) is 14.0. The molecule has 0 aliphatic carbocycles. The molecule has 2 atom stereocenters. The Hall–Kier alpha value is -1.84. The Morgan fingerprint density at radius 3 is 2.54 bits per heavy atom. The average molecular weight is 320 g/mol. The second-order valence-corrected chi connectivity index (χ2v) is 7.32. The van der Waals surface area contributed by atoms with Gasteiger partial charge in [0.15, 0.2) is 0 Å². The lowest BCUT2D eigenvalue weighted by Crippen LogP contribution is -2.31. The van der Waals surface area contributed by atoms with Gasteiger partial charge in [-0.05, 0) is 55.1 Å². The maximum absolute atomic E-state index is 6.48. The molecule has 0 saturated carbocycles. The first-order valence-electron chi connectivity index (χ1n) is 9.22. The number of nitrogens with zero attached hydrogens (tertiary/aromatic N) is 2. The van der Waals surface area contributed by atoms with Crippen LogP contribution in [0.5, 0.6) is 0 Å². The van der Waals surface area contributed by atoms with Gasteiger partial charge < -0.3 is 4.90 Å². The highest BCUT2D eigenvalue weighted by atomic mass is 16.7. The van der Waals surface area contributed by atoms with E-state index in [1.807, 2.05) is 0 Å². The van der Waals surface area contributed by atoms with Crippen LogP contribution in [0, 0.1) is 0 Å². The maximum Gasteiger partial charge on any atom is 0.101 e. The molecule has 2 fully saturated rings. The molecule has 5 rings (SSSR count). The first kappa shape index (κ1) is 14.5. The van der Waals surface area contributed by atoms with Crippen molar-refractivity contribution >= 4 is 5.69 Å². The number of hydrogen-bond donors (Lipinski definition) is 0. The van der Waals surface area contributed by atoms with Crippen molar-refractivity contribution in [1.29, 1.82) is 0 Å². The summed E-state index contributed by atoms with van der Waals surface area (Å²) in [6, 6.07) is 18.0. The van der Waals surface area contributed by atoms with Crippen LogP contribution in [-0.2, 0) is 11.3 Å².